The van der Waals surface area contributed by atoms with E-state index in [0.29, 0.717) is 12.0 Å². The van der Waals surface area contributed by atoms with Crippen molar-refractivity contribution in [2.75, 3.05) is 0 Å². The van der Waals surface area contributed by atoms with Gasteiger partial charge in [-0.25, -0.2) is 4.39 Å². The Labute approximate surface area is 110 Å². The Morgan fingerprint density at radius 2 is 1.82 bits per heavy atom. The Balaban J connectivity index is 2.15. The quantitative estimate of drug-likeness (QED) is 0.811. The van der Waals surface area contributed by atoms with Gasteiger partial charge >= 0.3 is 0 Å². The van der Waals surface area contributed by atoms with Crippen molar-refractivity contribution in [3.63, 3.8) is 0 Å². The molecule has 0 aromatic heterocycles. The van der Waals surface area contributed by atoms with E-state index in [1.807, 2.05) is 0 Å². The Morgan fingerprint density at radius 1 is 1.18 bits per heavy atom. The number of halogens is 2. The van der Waals surface area contributed by atoms with Gasteiger partial charge in [0.2, 0.25) is 0 Å². The largest absolute Gasteiger partial charge is 0.390 e. The third-order valence-corrected chi connectivity index (χ3v) is 4.05. The monoisotopic (exact) mass is 300 g/mol. The Hall–Kier alpha value is -0.410. The number of rotatable bonds is 2. The summed E-state index contributed by atoms with van der Waals surface area (Å²) in [6.45, 7) is 0. The van der Waals surface area contributed by atoms with E-state index < -0.39 is 5.60 Å². The molecule has 17 heavy (non-hydrogen) atoms. The van der Waals surface area contributed by atoms with Gasteiger partial charge in [-0.3, -0.25) is 0 Å². The van der Waals surface area contributed by atoms with E-state index in [1.54, 1.807) is 12.1 Å². The maximum Gasteiger partial charge on any atom is 0.126 e. The van der Waals surface area contributed by atoms with Crippen LogP contribution >= 0.6 is 15.9 Å². The summed E-state index contributed by atoms with van der Waals surface area (Å²) < 4.78 is 14.5. The molecular weight excluding hydrogens is 283 g/mol. The van der Waals surface area contributed by atoms with Crippen molar-refractivity contribution in [1.82, 2.24) is 0 Å². The molecule has 1 aromatic carbocycles. The molecule has 94 valence electrons. The van der Waals surface area contributed by atoms with Crippen LogP contribution in [-0.2, 0) is 6.42 Å². The van der Waals surface area contributed by atoms with Gasteiger partial charge in [0.1, 0.15) is 5.82 Å². The van der Waals surface area contributed by atoms with Crippen LogP contribution in [-0.4, -0.2) is 10.7 Å². The summed E-state index contributed by atoms with van der Waals surface area (Å²) in [5, 5.41) is 10.5. The number of aliphatic hydroxyl groups is 1. The molecule has 0 aliphatic heterocycles. The minimum atomic E-state index is -0.710. The first kappa shape index (κ1) is 13.0. The number of hydrogen-bond acceptors (Lipinski definition) is 1. The molecule has 0 radical (unpaired) electrons. The fourth-order valence-electron chi connectivity index (χ4n) is 2.60. The summed E-state index contributed by atoms with van der Waals surface area (Å²) >= 11 is 3.35. The summed E-state index contributed by atoms with van der Waals surface area (Å²) in [6.07, 6.45) is 6.47. The molecule has 0 saturated heterocycles. The maximum atomic E-state index is 13.7. The van der Waals surface area contributed by atoms with Crippen LogP contribution in [0.15, 0.2) is 22.7 Å². The Bertz CT molecular complexity index is 384. The average Bonchev–Trinajstić information content (AvgIpc) is 2.49. The second kappa shape index (κ2) is 5.49. The van der Waals surface area contributed by atoms with Gasteiger partial charge in [-0.05, 0) is 36.6 Å². The van der Waals surface area contributed by atoms with Crippen LogP contribution in [0.3, 0.4) is 0 Å². The first-order chi connectivity index (χ1) is 8.09. The zero-order chi connectivity index (χ0) is 12.3. The van der Waals surface area contributed by atoms with E-state index >= 15 is 0 Å². The second-order valence-electron chi connectivity index (χ2n) is 5.05. The molecule has 1 aromatic rings. The van der Waals surface area contributed by atoms with Crippen molar-refractivity contribution < 1.29 is 9.50 Å². The normalized spacial score (nSPS) is 19.9. The van der Waals surface area contributed by atoms with E-state index in [1.165, 1.54) is 18.9 Å². The van der Waals surface area contributed by atoms with Crippen molar-refractivity contribution in [2.45, 2.75) is 50.5 Å². The minimum absolute atomic E-state index is 0.217. The SMILES string of the molecule is OC1(Cc2cc(Br)ccc2F)CCCCCC1. The molecular formula is C14H18BrFO. The molecule has 0 bridgehead atoms. The lowest BCUT2D eigenvalue weighted by Crippen LogP contribution is -2.31. The lowest BCUT2D eigenvalue weighted by atomic mass is 9.87. The molecule has 3 heteroatoms. The topological polar surface area (TPSA) is 20.2 Å². The van der Waals surface area contributed by atoms with Gasteiger partial charge < -0.3 is 5.11 Å². The van der Waals surface area contributed by atoms with E-state index in [2.05, 4.69) is 15.9 Å². The van der Waals surface area contributed by atoms with Crippen molar-refractivity contribution in [3.05, 3.63) is 34.1 Å². The first-order valence-electron chi connectivity index (χ1n) is 6.25. The molecule has 0 amide bonds. The third-order valence-electron chi connectivity index (χ3n) is 3.56. The zero-order valence-corrected chi connectivity index (χ0v) is 11.5. The van der Waals surface area contributed by atoms with Crippen LogP contribution in [0.4, 0.5) is 4.39 Å². The highest BCUT2D eigenvalue weighted by Gasteiger charge is 2.29. The first-order valence-corrected chi connectivity index (χ1v) is 7.05. The van der Waals surface area contributed by atoms with E-state index in [-0.39, 0.29) is 5.82 Å². The van der Waals surface area contributed by atoms with Crippen molar-refractivity contribution >= 4 is 15.9 Å². The van der Waals surface area contributed by atoms with Crippen LogP contribution in [0.2, 0.25) is 0 Å². The van der Waals surface area contributed by atoms with Gasteiger partial charge in [-0.2, -0.15) is 0 Å². The molecule has 0 unspecified atom stereocenters. The minimum Gasteiger partial charge on any atom is -0.390 e. The molecule has 0 atom stereocenters. The summed E-state index contributed by atoms with van der Waals surface area (Å²) in [5.41, 5.74) is -0.0956. The van der Waals surface area contributed by atoms with E-state index in [0.717, 1.165) is 30.2 Å². The lowest BCUT2D eigenvalue weighted by Gasteiger charge is -2.27. The maximum absolute atomic E-state index is 13.7. The van der Waals surface area contributed by atoms with Crippen molar-refractivity contribution in [3.8, 4) is 0 Å². The summed E-state index contributed by atoms with van der Waals surface area (Å²) in [7, 11) is 0. The van der Waals surface area contributed by atoms with Crippen LogP contribution in [0.5, 0.6) is 0 Å². The van der Waals surface area contributed by atoms with E-state index in [9.17, 15) is 9.50 Å². The fraction of sp³-hybridized carbons (Fsp3) is 0.571. The van der Waals surface area contributed by atoms with Crippen LogP contribution < -0.4 is 0 Å². The molecule has 1 aliphatic carbocycles. The second-order valence-corrected chi connectivity index (χ2v) is 5.97. The zero-order valence-electron chi connectivity index (χ0n) is 9.88. The highest BCUT2D eigenvalue weighted by molar-refractivity contribution is 9.10. The van der Waals surface area contributed by atoms with Crippen LogP contribution in [0.25, 0.3) is 0 Å². The lowest BCUT2D eigenvalue weighted by molar-refractivity contribution is 0.0244. The molecule has 1 saturated carbocycles. The molecule has 0 spiro atoms. The molecule has 2 rings (SSSR count). The Kier molecular flexibility index (Phi) is 4.21. The van der Waals surface area contributed by atoms with Crippen LogP contribution in [0, 0.1) is 5.82 Å². The standard InChI is InChI=1S/C14H18BrFO/c15-12-5-6-13(16)11(9-12)10-14(17)7-3-1-2-4-8-14/h5-6,9,17H,1-4,7-8,10H2. The third kappa shape index (κ3) is 3.52. The molecule has 0 heterocycles. The van der Waals surface area contributed by atoms with Crippen molar-refractivity contribution in [1.29, 1.82) is 0 Å². The van der Waals surface area contributed by atoms with Gasteiger partial charge in [-0.1, -0.05) is 41.6 Å². The van der Waals surface area contributed by atoms with Gasteiger partial charge in [0.05, 0.1) is 5.60 Å². The highest BCUT2D eigenvalue weighted by atomic mass is 79.9. The van der Waals surface area contributed by atoms with Gasteiger partial charge in [0, 0.05) is 10.9 Å². The predicted octanol–water partition coefficient (Wildman–Crippen LogP) is 4.22. The van der Waals surface area contributed by atoms with Crippen molar-refractivity contribution in [2.24, 2.45) is 0 Å². The predicted molar refractivity (Wildman–Crippen MR) is 70.5 cm³/mol. The van der Waals surface area contributed by atoms with E-state index in [4.69, 9.17) is 0 Å². The average molecular weight is 301 g/mol. The van der Waals surface area contributed by atoms with Crippen LogP contribution in [0.1, 0.15) is 44.1 Å². The van der Waals surface area contributed by atoms with Gasteiger partial charge in [-0.15, -0.1) is 0 Å². The smallest absolute Gasteiger partial charge is 0.126 e. The highest BCUT2D eigenvalue weighted by Crippen LogP contribution is 2.31. The number of hydrogen-bond donors (Lipinski definition) is 1. The molecule has 1 fully saturated rings. The van der Waals surface area contributed by atoms with Gasteiger partial charge in [0.25, 0.3) is 0 Å². The van der Waals surface area contributed by atoms with Gasteiger partial charge in [0.15, 0.2) is 0 Å². The fourth-order valence-corrected chi connectivity index (χ4v) is 3.01. The Morgan fingerprint density at radius 3 is 2.47 bits per heavy atom. The molecule has 1 nitrogen and oxygen atoms in total. The molecule has 1 N–H and O–H groups in total. The summed E-state index contributed by atoms with van der Waals surface area (Å²) in [4.78, 5) is 0. The molecule has 1 aliphatic rings. The number of benzene rings is 1. The summed E-state index contributed by atoms with van der Waals surface area (Å²) in [5.74, 6) is -0.217. The summed E-state index contributed by atoms with van der Waals surface area (Å²) in [6, 6.07) is 4.92.